The van der Waals surface area contributed by atoms with Gasteiger partial charge >= 0.3 is 0 Å². The molecule has 0 fully saturated rings. The van der Waals surface area contributed by atoms with E-state index < -0.39 is 0 Å². The molecule has 57 valence electrons. The Morgan fingerprint density at radius 3 is 2.64 bits per heavy atom. The van der Waals surface area contributed by atoms with Crippen LogP contribution in [0.4, 0.5) is 5.69 Å². The molecule has 0 unspecified atom stereocenters. The van der Waals surface area contributed by atoms with Gasteiger partial charge in [0, 0.05) is 5.69 Å². The van der Waals surface area contributed by atoms with Gasteiger partial charge in [0.2, 0.25) is 0 Å². The van der Waals surface area contributed by atoms with E-state index in [0.717, 1.165) is 23.7 Å². The second-order valence-corrected chi connectivity index (χ2v) is 3.29. The highest BCUT2D eigenvalue weighted by Crippen LogP contribution is 2.06. The highest BCUT2D eigenvalue weighted by molar-refractivity contribution is 6.32. The van der Waals surface area contributed by atoms with Crippen LogP contribution in [-0.4, -0.2) is 10.2 Å². The Bertz CT molecular complexity index is 225. The maximum absolute atomic E-state index is 5.66. The Morgan fingerprint density at radius 1 is 1.36 bits per heavy atom. The monoisotopic (exact) mass is 162 g/mol. The lowest BCUT2D eigenvalue weighted by Gasteiger charge is -2.02. The second kappa shape index (κ2) is 3.58. The SMILES string of the molecule is CCCc1cc(N)cc([Si])c1. The molecule has 11 heavy (non-hydrogen) atoms. The van der Waals surface area contributed by atoms with Crippen LogP contribution in [0.25, 0.3) is 0 Å². The van der Waals surface area contributed by atoms with E-state index in [-0.39, 0.29) is 0 Å². The maximum atomic E-state index is 5.66. The van der Waals surface area contributed by atoms with E-state index in [1.807, 2.05) is 12.1 Å². The van der Waals surface area contributed by atoms with Crippen molar-refractivity contribution in [2.75, 3.05) is 5.73 Å². The van der Waals surface area contributed by atoms with E-state index in [1.165, 1.54) is 5.56 Å². The third-order valence-electron chi connectivity index (χ3n) is 1.55. The van der Waals surface area contributed by atoms with Crippen molar-refractivity contribution in [3.63, 3.8) is 0 Å². The number of nitrogen functional groups attached to an aromatic ring is 1. The van der Waals surface area contributed by atoms with E-state index in [9.17, 15) is 0 Å². The van der Waals surface area contributed by atoms with Crippen LogP contribution in [0.5, 0.6) is 0 Å². The summed E-state index contributed by atoms with van der Waals surface area (Å²) in [6, 6.07) is 6.04. The van der Waals surface area contributed by atoms with Crippen molar-refractivity contribution < 1.29 is 0 Å². The molecule has 0 bridgehead atoms. The molecule has 3 radical (unpaired) electrons. The van der Waals surface area contributed by atoms with Gasteiger partial charge in [0.15, 0.2) is 0 Å². The zero-order valence-electron chi connectivity index (χ0n) is 6.72. The number of hydrogen-bond donors (Lipinski definition) is 1. The Kier molecular flexibility index (Phi) is 2.71. The Labute approximate surface area is 71.0 Å². The van der Waals surface area contributed by atoms with Crippen LogP contribution in [0, 0.1) is 0 Å². The molecule has 0 aliphatic heterocycles. The molecule has 2 heteroatoms. The summed E-state index contributed by atoms with van der Waals surface area (Å²) in [4.78, 5) is 0. The second-order valence-electron chi connectivity index (χ2n) is 2.71. The number of rotatable bonds is 2. The predicted molar refractivity (Wildman–Crippen MR) is 50.2 cm³/mol. The fourth-order valence-corrected chi connectivity index (χ4v) is 1.50. The molecule has 0 atom stereocenters. The van der Waals surface area contributed by atoms with Crippen LogP contribution >= 0.6 is 0 Å². The highest BCUT2D eigenvalue weighted by Gasteiger charge is 1.93. The van der Waals surface area contributed by atoms with Gasteiger partial charge in [-0.2, -0.15) is 0 Å². The average molecular weight is 162 g/mol. The molecule has 0 heterocycles. The predicted octanol–water partition coefficient (Wildman–Crippen LogP) is 1.02. The van der Waals surface area contributed by atoms with Crippen molar-refractivity contribution in [1.29, 1.82) is 0 Å². The third-order valence-corrected chi connectivity index (χ3v) is 1.84. The maximum Gasteiger partial charge on any atom is 0.0712 e. The molecule has 0 saturated carbocycles. The average Bonchev–Trinajstić information content (AvgIpc) is 1.85. The van der Waals surface area contributed by atoms with Crippen molar-refractivity contribution in [3.8, 4) is 0 Å². The molecule has 0 saturated heterocycles. The molecule has 0 spiro atoms. The van der Waals surface area contributed by atoms with Crippen molar-refractivity contribution in [1.82, 2.24) is 0 Å². The van der Waals surface area contributed by atoms with Crippen LogP contribution in [0.15, 0.2) is 18.2 Å². The quantitative estimate of drug-likeness (QED) is 0.510. The number of hydrogen-bond acceptors (Lipinski definition) is 1. The molecular weight excluding hydrogens is 150 g/mol. The van der Waals surface area contributed by atoms with Crippen LogP contribution < -0.4 is 10.9 Å². The summed E-state index contributed by atoms with van der Waals surface area (Å²) in [7, 11) is 3.45. The Hall–Kier alpha value is -0.763. The topological polar surface area (TPSA) is 26.0 Å². The van der Waals surface area contributed by atoms with Crippen molar-refractivity contribution in [2.24, 2.45) is 0 Å². The Balaban J connectivity index is 2.89. The minimum atomic E-state index is 0.834. The molecule has 1 rings (SSSR count). The summed E-state index contributed by atoms with van der Waals surface area (Å²) in [5, 5.41) is 1.06. The van der Waals surface area contributed by atoms with Gasteiger partial charge in [-0.15, -0.1) is 0 Å². The lowest BCUT2D eigenvalue weighted by atomic mass is 10.1. The highest BCUT2D eigenvalue weighted by atomic mass is 28.1. The fourth-order valence-electron chi connectivity index (χ4n) is 1.15. The first kappa shape index (κ1) is 8.33. The number of aryl methyl sites for hydroxylation is 1. The van der Waals surface area contributed by atoms with Gasteiger partial charge in [-0.25, -0.2) is 0 Å². The van der Waals surface area contributed by atoms with Crippen LogP contribution in [0.1, 0.15) is 18.9 Å². The van der Waals surface area contributed by atoms with Gasteiger partial charge in [-0.05, 0) is 24.1 Å². The summed E-state index contributed by atoms with van der Waals surface area (Å²) in [6.45, 7) is 2.16. The number of benzene rings is 1. The minimum absolute atomic E-state index is 0.834. The Morgan fingerprint density at radius 2 is 2.09 bits per heavy atom. The van der Waals surface area contributed by atoms with E-state index in [1.54, 1.807) is 0 Å². The third kappa shape index (κ3) is 2.39. The first-order valence-corrected chi connectivity index (χ1v) is 4.33. The van der Waals surface area contributed by atoms with Crippen molar-refractivity contribution in [3.05, 3.63) is 23.8 Å². The smallest absolute Gasteiger partial charge is 0.0712 e. The molecule has 0 aliphatic rings. The normalized spacial score (nSPS) is 10.0. The lowest BCUT2D eigenvalue weighted by molar-refractivity contribution is 0.923. The molecule has 1 aromatic carbocycles. The fraction of sp³-hybridized carbons (Fsp3) is 0.333. The molecule has 1 aromatic rings. The van der Waals surface area contributed by atoms with E-state index in [0.29, 0.717) is 0 Å². The van der Waals surface area contributed by atoms with E-state index in [2.05, 4.69) is 23.2 Å². The van der Waals surface area contributed by atoms with Gasteiger partial charge < -0.3 is 5.73 Å². The van der Waals surface area contributed by atoms with Crippen LogP contribution in [-0.2, 0) is 6.42 Å². The summed E-state index contributed by atoms with van der Waals surface area (Å²) < 4.78 is 0. The first-order valence-electron chi connectivity index (χ1n) is 3.83. The molecule has 0 aliphatic carbocycles. The van der Waals surface area contributed by atoms with E-state index >= 15 is 0 Å². The summed E-state index contributed by atoms with van der Waals surface area (Å²) >= 11 is 0. The number of nitrogens with two attached hydrogens (primary N) is 1. The van der Waals surface area contributed by atoms with Crippen molar-refractivity contribution >= 4 is 21.1 Å². The van der Waals surface area contributed by atoms with Crippen LogP contribution in [0.2, 0.25) is 0 Å². The lowest BCUT2D eigenvalue weighted by Crippen LogP contribution is -2.05. The van der Waals surface area contributed by atoms with Crippen molar-refractivity contribution in [2.45, 2.75) is 19.8 Å². The standard InChI is InChI=1S/C9H12NSi/c1-2-3-7-4-8(10)6-9(11)5-7/h4-6H,2-3,10H2,1H3. The molecule has 0 amide bonds. The molecule has 2 N–H and O–H groups in total. The molecular formula is C9H12NSi. The van der Waals surface area contributed by atoms with Crippen LogP contribution in [0.3, 0.4) is 0 Å². The van der Waals surface area contributed by atoms with Gasteiger partial charge in [0.1, 0.15) is 0 Å². The van der Waals surface area contributed by atoms with Gasteiger partial charge in [0.05, 0.1) is 10.2 Å². The zero-order valence-corrected chi connectivity index (χ0v) is 7.72. The van der Waals surface area contributed by atoms with E-state index in [4.69, 9.17) is 5.73 Å². The number of anilines is 1. The molecule has 0 aromatic heterocycles. The van der Waals surface area contributed by atoms with Gasteiger partial charge in [0.25, 0.3) is 0 Å². The summed E-state index contributed by atoms with van der Waals surface area (Å²) in [6.07, 6.45) is 2.26. The van der Waals surface area contributed by atoms with Gasteiger partial charge in [-0.3, -0.25) is 0 Å². The first-order chi connectivity index (χ1) is 5.22. The summed E-state index contributed by atoms with van der Waals surface area (Å²) in [5.74, 6) is 0. The van der Waals surface area contributed by atoms with Gasteiger partial charge in [-0.1, -0.05) is 24.6 Å². The molecule has 1 nitrogen and oxygen atoms in total. The zero-order chi connectivity index (χ0) is 8.27. The summed E-state index contributed by atoms with van der Waals surface area (Å²) in [5.41, 5.74) is 7.80. The largest absolute Gasteiger partial charge is 0.399 e. The minimum Gasteiger partial charge on any atom is -0.399 e.